The Morgan fingerprint density at radius 3 is 2.55 bits per heavy atom. The number of hydrazine groups is 1. The van der Waals surface area contributed by atoms with Gasteiger partial charge in [0.2, 0.25) is 0 Å². The molecule has 2 aromatic rings. The third-order valence-corrected chi connectivity index (χ3v) is 6.17. The monoisotopic (exact) mass is 540 g/mol. The lowest BCUT2D eigenvalue weighted by Gasteiger charge is -2.15. The van der Waals surface area contributed by atoms with E-state index in [4.69, 9.17) is 33.3 Å². The molecule has 1 fully saturated rings. The molecule has 1 N–H and O–H groups in total. The minimum atomic E-state index is -0.461. The summed E-state index contributed by atoms with van der Waals surface area (Å²) in [5.41, 5.74) is 3.63. The predicted octanol–water partition coefficient (Wildman–Crippen LogP) is 5.45. The first-order valence-corrected chi connectivity index (χ1v) is 11.7. The molecule has 1 aliphatic rings. The van der Waals surface area contributed by atoms with Gasteiger partial charge in [-0.25, -0.2) is 0 Å². The van der Waals surface area contributed by atoms with E-state index in [0.29, 0.717) is 44.7 Å². The molecular formula is C21H18BrClN2O4S2. The van der Waals surface area contributed by atoms with Gasteiger partial charge in [0.05, 0.1) is 22.6 Å². The maximum absolute atomic E-state index is 12.9. The second kappa shape index (κ2) is 10.5. The second-order valence-corrected chi connectivity index (χ2v) is 9.13. The van der Waals surface area contributed by atoms with Gasteiger partial charge in [0.15, 0.2) is 15.8 Å². The fourth-order valence-corrected chi connectivity index (χ4v) is 4.58. The van der Waals surface area contributed by atoms with Crippen molar-refractivity contribution in [3.63, 3.8) is 0 Å². The van der Waals surface area contributed by atoms with Crippen molar-refractivity contribution in [1.29, 1.82) is 0 Å². The van der Waals surface area contributed by atoms with Crippen LogP contribution in [0, 0.1) is 0 Å². The van der Waals surface area contributed by atoms with Gasteiger partial charge < -0.3 is 9.47 Å². The van der Waals surface area contributed by atoms with Gasteiger partial charge in [-0.05, 0) is 90.0 Å². The van der Waals surface area contributed by atoms with Gasteiger partial charge in [-0.3, -0.25) is 15.0 Å². The normalized spacial score (nSPS) is 14.8. The van der Waals surface area contributed by atoms with Crippen LogP contribution in [-0.2, 0) is 4.79 Å². The molecule has 1 saturated heterocycles. The molecule has 1 aliphatic heterocycles. The molecule has 10 heteroatoms. The first kappa shape index (κ1) is 23.6. The summed E-state index contributed by atoms with van der Waals surface area (Å²) in [4.78, 5) is 25.7. The topological polar surface area (TPSA) is 67.9 Å². The number of benzene rings is 2. The molecule has 6 nitrogen and oxygen atoms in total. The molecule has 0 radical (unpaired) electrons. The molecule has 2 aromatic carbocycles. The number of carbonyl (C=O) groups is 2. The largest absolute Gasteiger partial charge is 0.490 e. The number of halogens is 2. The van der Waals surface area contributed by atoms with Crippen molar-refractivity contribution in [2.75, 3.05) is 13.2 Å². The Morgan fingerprint density at radius 1 is 1.23 bits per heavy atom. The molecule has 3 rings (SSSR count). The fourth-order valence-electron chi connectivity index (χ4n) is 2.70. The van der Waals surface area contributed by atoms with Gasteiger partial charge in [0.25, 0.3) is 11.8 Å². The van der Waals surface area contributed by atoms with Crippen molar-refractivity contribution < 1.29 is 19.1 Å². The van der Waals surface area contributed by atoms with Crippen LogP contribution >= 0.6 is 51.5 Å². The predicted molar refractivity (Wildman–Crippen MR) is 130 cm³/mol. The highest BCUT2D eigenvalue weighted by atomic mass is 79.9. The van der Waals surface area contributed by atoms with E-state index >= 15 is 0 Å². The van der Waals surface area contributed by atoms with E-state index in [0.717, 1.165) is 22.3 Å². The molecule has 0 spiro atoms. The van der Waals surface area contributed by atoms with Crippen LogP contribution in [-0.4, -0.2) is 34.4 Å². The number of nitrogens with one attached hydrogen (secondary N) is 1. The van der Waals surface area contributed by atoms with Crippen LogP contribution in [0.3, 0.4) is 0 Å². The highest BCUT2D eigenvalue weighted by molar-refractivity contribution is 9.10. The van der Waals surface area contributed by atoms with Crippen LogP contribution in [0.15, 0.2) is 45.8 Å². The molecule has 0 atom stereocenters. The maximum Gasteiger partial charge on any atom is 0.285 e. The number of hydrogen-bond acceptors (Lipinski definition) is 6. The summed E-state index contributed by atoms with van der Waals surface area (Å²) in [5, 5.41) is 1.58. The van der Waals surface area contributed by atoms with Crippen molar-refractivity contribution in [2.24, 2.45) is 0 Å². The Labute approximate surface area is 203 Å². The summed E-state index contributed by atoms with van der Waals surface area (Å²) < 4.78 is 12.3. The van der Waals surface area contributed by atoms with E-state index in [1.54, 1.807) is 36.4 Å². The Hall–Kier alpha value is -2.07. The second-order valence-electron chi connectivity index (χ2n) is 6.16. The van der Waals surface area contributed by atoms with Gasteiger partial charge >= 0.3 is 0 Å². The van der Waals surface area contributed by atoms with Crippen LogP contribution in [0.1, 0.15) is 29.8 Å². The smallest absolute Gasteiger partial charge is 0.285 e. The third-order valence-electron chi connectivity index (χ3n) is 4.03. The van der Waals surface area contributed by atoms with Gasteiger partial charge in [-0.2, -0.15) is 5.01 Å². The summed E-state index contributed by atoms with van der Waals surface area (Å²) in [5.74, 6) is 0.290. The Morgan fingerprint density at radius 2 is 1.90 bits per heavy atom. The molecule has 162 valence electrons. The number of hydrogen-bond donors (Lipinski definition) is 1. The highest BCUT2D eigenvalue weighted by Gasteiger charge is 2.34. The summed E-state index contributed by atoms with van der Waals surface area (Å²) in [7, 11) is 0. The molecule has 2 amide bonds. The fraction of sp³-hybridized carbons (Fsp3) is 0.190. The number of ether oxygens (including phenoxy) is 2. The molecular weight excluding hydrogens is 524 g/mol. The van der Waals surface area contributed by atoms with Crippen LogP contribution in [0.4, 0.5) is 0 Å². The summed E-state index contributed by atoms with van der Waals surface area (Å²) >= 11 is 15.7. The van der Waals surface area contributed by atoms with E-state index in [2.05, 4.69) is 21.4 Å². The lowest BCUT2D eigenvalue weighted by molar-refractivity contribution is -0.123. The number of amides is 2. The number of rotatable bonds is 7. The molecule has 0 saturated carbocycles. The quantitative estimate of drug-likeness (QED) is 0.372. The zero-order valence-electron chi connectivity index (χ0n) is 16.6. The minimum absolute atomic E-state index is 0.230. The van der Waals surface area contributed by atoms with Crippen LogP contribution < -0.4 is 14.9 Å². The summed E-state index contributed by atoms with van der Waals surface area (Å²) in [6.45, 7) is 4.73. The first-order chi connectivity index (χ1) is 14.8. The number of thiocarbonyl (C=S) groups is 1. The van der Waals surface area contributed by atoms with Crippen molar-refractivity contribution in [3.8, 4) is 11.5 Å². The molecule has 0 aromatic heterocycles. The average molecular weight is 542 g/mol. The summed E-state index contributed by atoms with van der Waals surface area (Å²) in [6, 6.07) is 9.95. The van der Waals surface area contributed by atoms with Gasteiger partial charge in [0, 0.05) is 10.6 Å². The van der Waals surface area contributed by atoms with Crippen LogP contribution in [0.2, 0.25) is 5.02 Å². The SMILES string of the molecule is CCOc1cc(/C=C2/SC(=S)N(NC(=O)c3ccc(Cl)cc3)C2=O)cc(Br)c1OCC. The lowest BCUT2D eigenvalue weighted by Crippen LogP contribution is -2.44. The van der Waals surface area contributed by atoms with E-state index in [1.807, 2.05) is 19.9 Å². The van der Waals surface area contributed by atoms with E-state index in [9.17, 15) is 9.59 Å². The number of thioether (sulfide) groups is 1. The van der Waals surface area contributed by atoms with Crippen molar-refractivity contribution in [2.45, 2.75) is 13.8 Å². The highest BCUT2D eigenvalue weighted by Crippen LogP contribution is 2.39. The molecule has 0 unspecified atom stereocenters. The molecule has 0 aliphatic carbocycles. The van der Waals surface area contributed by atoms with Gasteiger partial charge in [0.1, 0.15) is 0 Å². The zero-order chi connectivity index (χ0) is 22.5. The van der Waals surface area contributed by atoms with E-state index in [-0.39, 0.29) is 4.32 Å². The molecule has 31 heavy (non-hydrogen) atoms. The van der Waals surface area contributed by atoms with Crippen LogP contribution in [0.25, 0.3) is 6.08 Å². The standard InChI is InChI=1S/C21H18BrClN2O4S2/c1-3-28-16-10-12(9-15(22)18(16)29-4-2)11-17-20(27)25(21(30)31-17)24-19(26)13-5-7-14(23)8-6-13/h5-11H,3-4H2,1-2H3,(H,24,26)/b17-11+. The minimum Gasteiger partial charge on any atom is -0.490 e. The van der Waals surface area contributed by atoms with Gasteiger partial charge in [-0.1, -0.05) is 23.4 Å². The van der Waals surface area contributed by atoms with Crippen molar-refractivity contribution in [3.05, 3.63) is 61.9 Å². The Bertz CT molecular complexity index is 1060. The van der Waals surface area contributed by atoms with E-state index in [1.165, 1.54) is 0 Å². The first-order valence-electron chi connectivity index (χ1n) is 9.27. The number of carbonyl (C=O) groups excluding carboxylic acids is 2. The molecule has 0 bridgehead atoms. The van der Waals surface area contributed by atoms with Crippen molar-refractivity contribution >= 4 is 73.7 Å². The van der Waals surface area contributed by atoms with Crippen molar-refractivity contribution in [1.82, 2.24) is 10.4 Å². The third kappa shape index (κ3) is 5.60. The number of nitrogens with zero attached hydrogens (tertiary/aromatic N) is 1. The lowest BCUT2D eigenvalue weighted by atomic mass is 10.2. The molecule has 1 heterocycles. The van der Waals surface area contributed by atoms with Gasteiger partial charge in [-0.15, -0.1) is 0 Å². The Balaban J connectivity index is 1.82. The zero-order valence-corrected chi connectivity index (χ0v) is 20.6. The Kier molecular flexibility index (Phi) is 7.99. The maximum atomic E-state index is 12.9. The van der Waals surface area contributed by atoms with Crippen LogP contribution in [0.5, 0.6) is 11.5 Å². The average Bonchev–Trinajstić information content (AvgIpc) is 2.98. The van der Waals surface area contributed by atoms with E-state index < -0.39 is 11.8 Å². The summed E-state index contributed by atoms with van der Waals surface area (Å²) in [6.07, 6.45) is 1.69.